The van der Waals surface area contributed by atoms with Crippen LogP contribution in [-0.2, 0) is 6.54 Å². The third-order valence-corrected chi connectivity index (χ3v) is 5.06. The van der Waals surface area contributed by atoms with Gasteiger partial charge in [-0.1, -0.05) is 11.6 Å². The zero-order chi connectivity index (χ0) is 13.1. The average Bonchev–Trinajstić information content (AvgIpc) is 2.67. The molecule has 0 unspecified atom stereocenters. The molecule has 1 heterocycles. The molecule has 1 aromatic carbocycles. The minimum atomic E-state index is 0.767. The minimum Gasteiger partial charge on any atom is -0.497 e. The van der Waals surface area contributed by atoms with E-state index in [2.05, 4.69) is 28.2 Å². The number of methoxy groups -OCH3 is 1. The molecule has 0 spiro atoms. The SMILES string of the molecule is COc1ccc(NCc2cc(Br)c(Cl)s2)c(C)c1. The van der Waals surface area contributed by atoms with Crippen LogP contribution in [0.3, 0.4) is 0 Å². The van der Waals surface area contributed by atoms with Crippen molar-refractivity contribution in [3.8, 4) is 5.75 Å². The number of ether oxygens (including phenoxy) is 1. The van der Waals surface area contributed by atoms with E-state index in [-0.39, 0.29) is 0 Å². The van der Waals surface area contributed by atoms with Gasteiger partial charge in [0.15, 0.2) is 0 Å². The zero-order valence-corrected chi connectivity index (χ0v) is 13.2. The standard InChI is InChI=1S/C13H13BrClNOS/c1-8-5-9(17-2)3-4-12(8)16-7-10-6-11(14)13(15)18-10/h3-6,16H,7H2,1-2H3. The fourth-order valence-electron chi connectivity index (χ4n) is 1.62. The predicted molar refractivity (Wildman–Crippen MR) is 82.1 cm³/mol. The van der Waals surface area contributed by atoms with Gasteiger partial charge in [-0.15, -0.1) is 11.3 Å². The Morgan fingerprint density at radius 1 is 1.39 bits per heavy atom. The highest BCUT2D eigenvalue weighted by atomic mass is 79.9. The van der Waals surface area contributed by atoms with Crippen LogP contribution in [0.15, 0.2) is 28.7 Å². The first kappa shape index (κ1) is 13.7. The van der Waals surface area contributed by atoms with E-state index in [1.54, 1.807) is 18.4 Å². The first-order valence-electron chi connectivity index (χ1n) is 5.42. The summed E-state index contributed by atoms with van der Waals surface area (Å²) in [6.45, 7) is 2.82. The summed E-state index contributed by atoms with van der Waals surface area (Å²) in [5.74, 6) is 0.875. The van der Waals surface area contributed by atoms with Gasteiger partial charge in [-0.05, 0) is 52.7 Å². The third-order valence-electron chi connectivity index (χ3n) is 2.58. The second kappa shape index (κ2) is 5.95. The lowest BCUT2D eigenvalue weighted by Gasteiger charge is -2.09. The van der Waals surface area contributed by atoms with Gasteiger partial charge in [0.1, 0.15) is 10.1 Å². The van der Waals surface area contributed by atoms with Crippen LogP contribution in [0.2, 0.25) is 4.34 Å². The lowest BCUT2D eigenvalue weighted by atomic mass is 10.2. The molecule has 2 nitrogen and oxygen atoms in total. The van der Waals surface area contributed by atoms with Gasteiger partial charge in [0.25, 0.3) is 0 Å². The molecule has 0 amide bonds. The number of rotatable bonds is 4. The second-order valence-corrected chi connectivity index (χ2v) is 6.46. The van der Waals surface area contributed by atoms with Gasteiger partial charge in [0.05, 0.1) is 7.11 Å². The summed E-state index contributed by atoms with van der Waals surface area (Å²) in [7, 11) is 1.67. The summed E-state index contributed by atoms with van der Waals surface area (Å²) in [4.78, 5) is 1.20. The lowest BCUT2D eigenvalue weighted by Crippen LogP contribution is -1.99. The third kappa shape index (κ3) is 3.19. The van der Waals surface area contributed by atoms with Gasteiger partial charge < -0.3 is 10.1 Å². The van der Waals surface area contributed by atoms with Crippen molar-refractivity contribution in [2.75, 3.05) is 12.4 Å². The predicted octanol–water partition coefficient (Wildman–Crippen LogP) is 5.09. The number of hydrogen-bond acceptors (Lipinski definition) is 3. The normalized spacial score (nSPS) is 10.4. The van der Waals surface area contributed by atoms with Crippen molar-refractivity contribution in [2.45, 2.75) is 13.5 Å². The maximum atomic E-state index is 6.01. The zero-order valence-electron chi connectivity index (χ0n) is 10.1. The molecule has 0 radical (unpaired) electrons. The smallest absolute Gasteiger partial charge is 0.119 e. The minimum absolute atomic E-state index is 0.767. The topological polar surface area (TPSA) is 21.3 Å². The Bertz CT molecular complexity index is 536. The van der Waals surface area contributed by atoms with E-state index in [1.807, 2.05) is 24.3 Å². The summed E-state index contributed by atoms with van der Waals surface area (Å²) in [6, 6.07) is 8.03. The van der Waals surface area contributed by atoms with Crippen LogP contribution >= 0.6 is 38.9 Å². The molecule has 0 saturated heterocycles. The van der Waals surface area contributed by atoms with E-state index in [4.69, 9.17) is 16.3 Å². The summed E-state index contributed by atoms with van der Waals surface area (Å²) >= 11 is 11.0. The largest absolute Gasteiger partial charge is 0.497 e. The summed E-state index contributed by atoms with van der Waals surface area (Å²) in [5.41, 5.74) is 2.27. The van der Waals surface area contributed by atoms with E-state index >= 15 is 0 Å². The molecular weight excluding hydrogens is 334 g/mol. The van der Waals surface area contributed by atoms with Crippen LogP contribution in [0.1, 0.15) is 10.4 Å². The molecule has 5 heteroatoms. The molecule has 18 heavy (non-hydrogen) atoms. The summed E-state index contributed by atoms with van der Waals surface area (Å²) < 4.78 is 6.93. The number of benzene rings is 1. The van der Waals surface area contributed by atoms with Gasteiger partial charge in [0, 0.05) is 21.6 Å². The average molecular weight is 347 g/mol. The molecule has 0 atom stereocenters. The number of aryl methyl sites for hydroxylation is 1. The van der Waals surface area contributed by atoms with E-state index in [0.717, 1.165) is 32.4 Å². The van der Waals surface area contributed by atoms with Crippen molar-refractivity contribution >= 4 is 44.6 Å². The number of hydrogen-bond donors (Lipinski definition) is 1. The van der Waals surface area contributed by atoms with Crippen LogP contribution in [0.4, 0.5) is 5.69 Å². The van der Waals surface area contributed by atoms with E-state index in [0.29, 0.717) is 0 Å². The maximum absolute atomic E-state index is 6.01. The highest BCUT2D eigenvalue weighted by molar-refractivity contribution is 9.10. The van der Waals surface area contributed by atoms with Crippen LogP contribution in [0.25, 0.3) is 0 Å². The molecule has 1 aromatic heterocycles. The molecule has 0 aliphatic carbocycles. The van der Waals surface area contributed by atoms with E-state index in [1.165, 1.54) is 4.88 Å². The monoisotopic (exact) mass is 345 g/mol. The molecule has 0 saturated carbocycles. The number of halogens is 2. The molecule has 0 bridgehead atoms. The quantitative estimate of drug-likeness (QED) is 0.832. The van der Waals surface area contributed by atoms with Gasteiger partial charge in [-0.2, -0.15) is 0 Å². The fraction of sp³-hybridized carbons (Fsp3) is 0.231. The first-order valence-corrected chi connectivity index (χ1v) is 7.41. The van der Waals surface area contributed by atoms with Gasteiger partial charge in [-0.25, -0.2) is 0 Å². The van der Waals surface area contributed by atoms with Crippen LogP contribution in [-0.4, -0.2) is 7.11 Å². The Balaban J connectivity index is 2.06. The lowest BCUT2D eigenvalue weighted by molar-refractivity contribution is 0.414. The molecule has 0 aliphatic rings. The van der Waals surface area contributed by atoms with Crippen molar-refractivity contribution in [3.05, 3.63) is 43.5 Å². The second-order valence-electron chi connectivity index (χ2n) is 3.87. The molecule has 2 aromatic rings. The molecule has 0 fully saturated rings. The van der Waals surface area contributed by atoms with E-state index < -0.39 is 0 Å². The molecule has 1 N–H and O–H groups in total. The first-order chi connectivity index (χ1) is 8.60. The maximum Gasteiger partial charge on any atom is 0.119 e. The Hall–Kier alpha value is -0.710. The molecule has 2 rings (SSSR count). The van der Waals surface area contributed by atoms with Crippen molar-refractivity contribution in [1.29, 1.82) is 0 Å². The van der Waals surface area contributed by atoms with Gasteiger partial charge >= 0.3 is 0 Å². The molecular formula is C13H13BrClNOS. The summed E-state index contributed by atoms with van der Waals surface area (Å²) in [6.07, 6.45) is 0. The Morgan fingerprint density at radius 2 is 2.17 bits per heavy atom. The van der Waals surface area contributed by atoms with Crippen molar-refractivity contribution in [1.82, 2.24) is 0 Å². The Morgan fingerprint density at radius 3 is 2.72 bits per heavy atom. The van der Waals surface area contributed by atoms with Crippen LogP contribution in [0, 0.1) is 6.92 Å². The number of anilines is 1. The number of thiophene rings is 1. The highest BCUT2D eigenvalue weighted by Crippen LogP contribution is 2.32. The van der Waals surface area contributed by atoms with Crippen LogP contribution in [0.5, 0.6) is 5.75 Å². The summed E-state index contributed by atoms with van der Waals surface area (Å²) in [5, 5.41) is 3.40. The fourth-order valence-corrected chi connectivity index (χ4v) is 3.35. The van der Waals surface area contributed by atoms with Gasteiger partial charge in [-0.3, -0.25) is 0 Å². The van der Waals surface area contributed by atoms with Crippen molar-refractivity contribution in [2.24, 2.45) is 0 Å². The Labute approximate surface area is 124 Å². The number of nitrogens with one attached hydrogen (secondary N) is 1. The van der Waals surface area contributed by atoms with Crippen molar-refractivity contribution in [3.63, 3.8) is 0 Å². The van der Waals surface area contributed by atoms with Crippen LogP contribution < -0.4 is 10.1 Å². The van der Waals surface area contributed by atoms with Crippen molar-refractivity contribution < 1.29 is 4.74 Å². The van der Waals surface area contributed by atoms with E-state index in [9.17, 15) is 0 Å². The molecule has 96 valence electrons. The Kier molecular flexibility index (Phi) is 4.54. The van der Waals surface area contributed by atoms with Gasteiger partial charge in [0.2, 0.25) is 0 Å². The molecule has 0 aliphatic heterocycles. The highest BCUT2D eigenvalue weighted by Gasteiger charge is 2.05.